The number of hydrogen-bond acceptors (Lipinski definition) is 1. The molecular formula is C14H11F3O. The van der Waals surface area contributed by atoms with E-state index in [0.29, 0.717) is 0 Å². The molecule has 0 aliphatic heterocycles. The highest BCUT2D eigenvalue weighted by Crippen LogP contribution is 2.30. The van der Waals surface area contributed by atoms with Crippen LogP contribution in [0.2, 0.25) is 0 Å². The Labute approximate surface area is 103 Å². The van der Waals surface area contributed by atoms with E-state index in [9.17, 15) is 18.3 Å². The van der Waals surface area contributed by atoms with Gasteiger partial charge in [0, 0.05) is 0 Å². The molecule has 2 aromatic carbocycles. The summed E-state index contributed by atoms with van der Waals surface area (Å²) in [5.74, 6) is -2.55. The van der Waals surface area contributed by atoms with Crippen molar-refractivity contribution in [1.82, 2.24) is 0 Å². The minimum atomic E-state index is -1.59. The first kappa shape index (κ1) is 12.6. The lowest BCUT2D eigenvalue weighted by atomic mass is 9.88. The molecule has 2 aromatic rings. The van der Waals surface area contributed by atoms with Crippen LogP contribution in [-0.2, 0) is 5.60 Å². The predicted molar refractivity (Wildman–Crippen MR) is 61.4 cm³/mol. The Morgan fingerprint density at radius 3 is 2.17 bits per heavy atom. The van der Waals surface area contributed by atoms with Crippen molar-refractivity contribution in [3.63, 3.8) is 0 Å². The maximum absolute atomic E-state index is 13.1. The summed E-state index contributed by atoms with van der Waals surface area (Å²) >= 11 is 0. The predicted octanol–water partition coefficient (Wildman–Crippen LogP) is 3.36. The zero-order valence-corrected chi connectivity index (χ0v) is 9.62. The Morgan fingerprint density at radius 2 is 1.56 bits per heavy atom. The molecule has 0 heterocycles. The summed E-state index contributed by atoms with van der Waals surface area (Å²) in [4.78, 5) is 0. The summed E-state index contributed by atoms with van der Waals surface area (Å²) in [6, 6.07) is 8.46. The van der Waals surface area contributed by atoms with E-state index in [0.717, 1.165) is 18.2 Å². The molecule has 1 N–H and O–H groups in total. The topological polar surface area (TPSA) is 20.2 Å². The smallest absolute Gasteiger partial charge is 0.159 e. The summed E-state index contributed by atoms with van der Waals surface area (Å²) in [7, 11) is 0. The van der Waals surface area contributed by atoms with Gasteiger partial charge in [-0.25, -0.2) is 13.2 Å². The van der Waals surface area contributed by atoms with Gasteiger partial charge in [-0.15, -0.1) is 0 Å². The molecule has 0 amide bonds. The van der Waals surface area contributed by atoms with Crippen LogP contribution in [0.4, 0.5) is 13.2 Å². The first-order valence-electron chi connectivity index (χ1n) is 5.35. The van der Waals surface area contributed by atoms with Gasteiger partial charge < -0.3 is 5.11 Å². The minimum Gasteiger partial charge on any atom is -0.381 e. The van der Waals surface area contributed by atoms with Gasteiger partial charge >= 0.3 is 0 Å². The lowest BCUT2D eigenvalue weighted by molar-refractivity contribution is 0.101. The monoisotopic (exact) mass is 252 g/mol. The Hall–Kier alpha value is -1.81. The quantitative estimate of drug-likeness (QED) is 0.868. The van der Waals surface area contributed by atoms with Crippen molar-refractivity contribution in [2.75, 3.05) is 0 Å². The van der Waals surface area contributed by atoms with Crippen LogP contribution in [0.25, 0.3) is 0 Å². The van der Waals surface area contributed by atoms with Crippen molar-refractivity contribution < 1.29 is 18.3 Å². The molecule has 94 valence electrons. The molecule has 0 radical (unpaired) electrons. The molecule has 2 rings (SSSR count). The van der Waals surface area contributed by atoms with Crippen LogP contribution in [0.3, 0.4) is 0 Å². The second-order valence-electron chi connectivity index (χ2n) is 4.21. The van der Waals surface area contributed by atoms with Crippen LogP contribution in [0.15, 0.2) is 42.5 Å². The number of hydrogen-bond donors (Lipinski definition) is 1. The molecule has 0 spiro atoms. The number of benzene rings is 2. The fourth-order valence-electron chi connectivity index (χ4n) is 1.76. The van der Waals surface area contributed by atoms with Gasteiger partial charge in [0.1, 0.15) is 11.4 Å². The molecular weight excluding hydrogens is 241 g/mol. The highest BCUT2D eigenvalue weighted by Gasteiger charge is 2.26. The van der Waals surface area contributed by atoms with Crippen molar-refractivity contribution in [3.8, 4) is 0 Å². The number of rotatable bonds is 2. The van der Waals surface area contributed by atoms with E-state index >= 15 is 0 Å². The average molecular weight is 252 g/mol. The van der Waals surface area contributed by atoms with Crippen LogP contribution in [0.5, 0.6) is 0 Å². The van der Waals surface area contributed by atoms with Crippen molar-refractivity contribution in [1.29, 1.82) is 0 Å². The van der Waals surface area contributed by atoms with Gasteiger partial charge in [-0.05, 0) is 42.3 Å². The van der Waals surface area contributed by atoms with Gasteiger partial charge in [-0.3, -0.25) is 0 Å². The molecule has 1 atom stereocenters. The van der Waals surface area contributed by atoms with Crippen LogP contribution in [-0.4, -0.2) is 5.11 Å². The zero-order valence-electron chi connectivity index (χ0n) is 9.62. The Morgan fingerprint density at radius 1 is 0.889 bits per heavy atom. The van der Waals surface area contributed by atoms with E-state index in [-0.39, 0.29) is 11.1 Å². The standard InChI is InChI=1S/C14H11F3O/c1-14(18,9-3-2-4-11(15)7-9)10-5-6-12(16)13(17)8-10/h2-8,18H,1H3. The average Bonchev–Trinajstić information content (AvgIpc) is 2.32. The van der Waals surface area contributed by atoms with Gasteiger partial charge in [0.15, 0.2) is 11.6 Å². The molecule has 18 heavy (non-hydrogen) atoms. The first-order valence-corrected chi connectivity index (χ1v) is 5.35. The number of halogens is 3. The fraction of sp³-hybridized carbons (Fsp3) is 0.143. The van der Waals surface area contributed by atoms with E-state index in [1.54, 1.807) is 0 Å². The third kappa shape index (κ3) is 2.24. The molecule has 0 aromatic heterocycles. The summed E-state index contributed by atoms with van der Waals surface area (Å²) in [6.45, 7) is 1.40. The van der Waals surface area contributed by atoms with Crippen LogP contribution < -0.4 is 0 Å². The van der Waals surface area contributed by atoms with Gasteiger partial charge in [0.05, 0.1) is 0 Å². The molecule has 0 aliphatic carbocycles. The van der Waals surface area contributed by atoms with Crippen molar-refractivity contribution in [2.45, 2.75) is 12.5 Å². The molecule has 1 unspecified atom stereocenters. The summed E-state index contributed by atoms with van der Waals surface area (Å²) in [5, 5.41) is 10.3. The van der Waals surface area contributed by atoms with Crippen LogP contribution >= 0.6 is 0 Å². The van der Waals surface area contributed by atoms with E-state index in [1.165, 1.54) is 31.2 Å². The molecule has 0 bridgehead atoms. The summed E-state index contributed by atoms with van der Waals surface area (Å²) in [6.07, 6.45) is 0. The van der Waals surface area contributed by atoms with Crippen molar-refractivity contribution in [2.24, 2.45) is 0 Å². The van der Waals surface area contributed by atoms with Gasteiger partial charge in [-0.1, -0.05) is 18.2 Å². The maximum Gasteiger partial charge on any atom is 0.159 e. The lowest BCUT2D eigenvalue weighted by Gasteiger charge is -2.24. The molecule has 1 nitrogen and oxygen atoms in total. The fourth-order valence-corrected chi connectivity index (χ4v) is 1.76. The van der Waals surface area contributed by atoms with E-state index in [1.807, 2.05) is 0 Å². The van der Waals surface area contributed by atoms with E-state index < -0.39 is 23.1 Å². The van der Waals surface area contributed by atoms with Gasteiger partial charge in [-0.2, -0.15) is 0 Å². The highest BCUT2D eigenvalue weighted by atomic mass is 19.2. The van der Waals surface area contributed by atoms with Gasteiger partial charge in [0.25, 0.3) is 0 Å². The molecule has 0 saturated carbocycles. The Kier molecular flexibility index (Phi) is 3.13. The lowest BCUT2D eigenvalue weighted by Crippen LogP contribution is -2.23. The highest BCUT2D eigenvalue weighted by molar-refractivity contribution is 5.35. The minimum absolute atomic E-state index is 0.159. The second-order valence-corrected chi connectivity index (χ2v) is 4.21. The van der Waals surface area contributed by atoms with Crippen molar-refractivity contribution in [3.05, 3.63) is 71.0 Å². The Bertz CT molecular complexity index is 579. The normalized spacial score (nSPS) is 14.3. The molecule has 0 fully saturated rings. The van der Waals surface area contributed by atoms with E-state index in [4.69, 9.17) is 0 Å². The number of aliphatic hydroxyl groups is 1. The van der Waals surface area contributed by atoms with Crippen molar-refractivity contribution >= 4 is 0 Å². The third-order valence-electron chi connectivity index (χ3n) is 2.87. The third-order valence-corrected chi connectivity index (χ3v) is 2.87. The largest absolute Gasteiger partial charge is 0.381 e. The van der Waals surface area contributed by atoms with Gasteiger partial charge in [0.2, 0.25) is 0 Å². The van der Waals surface area contributed by atoms with E-state index in [2.05, 4.69) is 0 Å². The summed E-state index contributed by atoms with van der Waals surface area (Å²) in [5.41, 5.74) is -1.16. The maximum atomic E-state index is 13.1. The second kappa shape index (κ2) is 4.46. The molecule has 4 heteroatoms. The first-order chi connectivity index (χ1) is 8.41. The van der Waals surface area contributed by atoms with Crippen LogP contribution in [0.1, 0.15) is 18.1 Å². The Balaban J connectivity index is 2.50. The SMILES string of the molecule is CC(O)(c1cccc(F)c1)c1ccc(F)c(F)c1. The molecule has 0 aliphatic rings. The zero-order chi connectivity index (χ0) is 13.3. The van der Waals surface area contributed by atoms with Crippen LogP contribution in [0, 0.1) is 17.5 Å². The summed E-state index contributed by atoms with van der Waals surface area (Å²) < 4.78 is 39.1. The molecule has 0 saturated heterocycles.